The first-order valence-electron chi connectivity index (χ1n) is 6.31. The molecule has 0 atom stereocenters. The predicted molar refractivity (Wildman–Crippen MR) is 77.8 cm³/mol. The zero-order chi connectivity index (χ0) is 12.9. The van der Waals surface area contributed by atoms with Crippen molar-refractivity contribution in [2.24, 2.45) is 0 Å². The quantitative estimate of drug-likeness (QED) is 0.538. The molecule has 0 aliphatic heterocycles. The monoisotopic (exact) mass is 233 g/mol. The van der Waals surface area contributed by atoms with E-state index in [4.69, 9.17) is 0 Å². The second-order valence-electron chi connectivity index (χ2n) is 5.22. The van der Waals surface area contributed by atoms with Gasteiger partial charge in [0, 0.05) is 0 Å². The summed E-state index contributed by atoms with van der Waals surface area (Å²) in [6, 6.07) is 10.9. The molecule has 0 heterocycles. The molecule has 0 amide bonds. The van der Waals surface area contributed by atoms with Gasteiger partial charge >= 0.3 is 0 Å². The van der Waals surface area contributed by atoms with Crippen LogP contribution < -0.4 is 0 Å². The zero-order valence-corrected chi connectivity index (χ0v) is 11.0. The maximum atomic E-state index is 4.31. The van der Waals surface area contributed by atoms with E-state index in [0.29, 0.717) is 0 Å². The van der Waals surface area contributed by atoms with Gasteiger partial charge in [0.25, 0.3) is 0 Å². The molecule has 2 aromatic rings. The first-order chi connectivity index (χ1) is 8.58. The van der Waals surface area contributed by atoms with Gasteiger partial charge in [0.15, 0.2) is 0 Å². The number of aryl methyl sites for hydroxylation is 2. The van der Waals surface area contributed by atoms with Crippen molar-refractivity contribution in [1.82, 2.24) is 0 Å². The van der Waals surface area contributed by atoms with Crippen molar-refractivity contribution in [3.8, 4) is 0 Å². The van der Waals surface area contributed by atoms with Crippen LogP contribution in [0.2, 0.25) is 0 Å². The van der Waals surface area contributed by atoms with E-state index in [1.807, 2.05) is 0 Å². The van der Waals surface area contributed by atoms with Gasteiger partial charge in [0.05, 0.1) is 0 Å². The molecule has 1 aliphatic carbocycles. The van der Waals surface area contributed by atoms with Crippen molar-refractivity contribution >= 4 is 5.57 Å². The maximum Gasteiger partial charge on any atom is -0.00132 e. The van der Waals surface area contributed by atoms with Gasteiger partial charge in [0.1, 0.15) is 0 Å². The first kappa shape index (κ1) is 11.3. The van der Waals surface area contributed by atoms with Gasteiger partial charge in [0.2, 0.25) is 0 Å². The predicted octanol–water partition coefficient (Wildman–Crippen LogP) is 4.45. The minimum Gasteiger partial charge on any atom is -0.0905 e. The van der Waals surface area contributed by atoms with Crippen LogP contribution in [0.5, 0.6) is 0 Å². The van der Waals surface area contributed by atoms with E-state index in [-0.39, 0.29) is 0 Å². The average Bonchev–Trinajstić information content (AvgIpc) is 2.27. The molecule has 0 nitrogen and oxygen atoms in total. The van der Waals surface area contributed by atoms with Crippen LogP contribution >= 0.6 is 0 Å². The molecule has 0 unspecified atom stereocenters. The van der Waals surface area contributed by atoms with Crippen molar-refractivity contribution in [3.63, 3.8) is 0 Å². The second kappa shape index (κ2) is 3.84. The Morgan fingerprint density at radius 2 is 1.78 bits per heavy atom. The van der Waals surface area contributed by atoms with E-state index in [9.17, 15) is 0 Å². The second-order valence-corrected chi connectivity index (χ2v) is 5.22. The summed E-state index contributed by atoms with van der Waals surface area (Å²) in [6.07, 6.45) is 0.996. The molecule has 0 heteroatoms. The van der Waals surface area contributed by atoms with Crippen molar-refractivity contribution in [2.75, 3.05) is 0 Å². The van der Waals surface area contributed by atoms with Crippen molar-refractivity contribution in [2.45, 2.75) is 20.3 Å². The van der Waals surface area contributed by atoms with Crippen molar-refractivity contribution in [1.29, 1.82) is 0 Å². The fourth-order valence-corrected chi connectivity index (χ4v) is 3.11. The van der Waals surface area contributed by atoms with Gasteiger partial charge in [-0.05, 0) is 66.1 Å². The average molecular weight is 233 g/mol. The summed E-state index contributed by atoms with van der Waals surface area (Å²) >= 11 is 0. The minimum atomic E-state index is 0.996. The summed E-state index contributed by atoms with van der Waals surface area (Å²) in [4.78, 5) is 0. The fourth-order valence-electron chi connectivity index (χ4n) is 3.11. The number of fused-ring (bicyclic) bond motifs is 2. The van der Waals surface area contributed by atoms with Crippen LogP contribution in [0.3, 0.4) is 0 Å². The van der Waals surface area contributed by atoms with Crippen LogP contribution in [0.15, 0.2) is 36.9 Å². The van der Waals surface area contributed by atoms with Crippen molar-refractivity contribution in [3.05, 3.63) is 82.8 Å². The van der Waals surface area contributed by atoms with Crippen LogP contribution in [-0.4, -0.2) is 0 Å². The third kappa shape index (κ3) is 1.53. The summed E-state index contributed by atoms with van der Waals surface area (Å²) in [5.41, 5.74) is 10.1. The molecule has 0 fully saturated rings. The summed E-state index contributed by atoms with van der Waals surface area (Å²) in [5, 5.41) is 0. The highest BCUT2D eigenvalue weighted by atomic mass is 14.2. The Hall–Kier alpha value is -1.82. The molecule has 1 aliphatic rings. The highest BCUT2D eigenvalue weighted by molar-refractivity contribution is 5.87. The topological polar surface area (TPSA) is 0 Å². The van der Waals surface area contributed by atoms with Gasteiger partial charge in [-0.3, -0.25) is 0 Å². The molecule has 0 saturated carbocycles. The third-order valence-electron chi connectivity index (χ3n) is 3.79. The SMILES string of the molecule is [CH2]c1cc(C)cc2c1C(=C)c1c(C)cccc1C2. The molecule has 1 radical (unpaired) electrons. The van der Waals surface area contributed by atoms with E-state index in [2.05, 4.69) is 57.7 Å². The molecule has 89 valence electrons. The largest absolute Gasteiger partial charge is 0.0905 e. The number of benzene rings is 2. The standard InChI is InChI=1S/C18H17/c1-11-8-13(3)18-14(4)17-12(2)6-5-7-15(17)10-16(18)9-11/h5-9H,3-4,10H2,1-2H3. The Kier molecular flexibility index (Phi) is 2.41. The molecule has 0 aromatic heterocycles. The van der Waals surface area contributed by atoms with E-state index >= 15 is 0 Å². The van der Waals surface area contributed by atoms with E-state index in [0.717, 1.165) is 17.6 Å². The smallest absolute Gasteiger partial charge is 0.00132 e. The van der Waals surface area contributed by atoms with E-state index in [1.165, 1.54) is 33.4 Å². The third-order valence-corrected chi connectivity index (χ3v) is 3.79. The lowest BCUT2D eigenvalue weighted by Crippen LogP contribution is -2.09. The molecular weight excluding hydrogens is 216 g/mol. The van der Waals surface area contributed by atoms with Gasteiger partial charge in [-0.15, -0.1) is 0 Å². The van der Waals surface area contributed by atoms with Crippen LogP contribution in [0, 0.1) is 20.8 Å². The van der Waals surface area contributed by atoms with Crippen molar-refractivity contribution < 1.29 is 0 Å². The van der Waals surface area contributed by atoms with Gasteiger partial charge in [-0.2, -0.15) is 0 Å². The van der Waals surface area contributed by atoms with Gasteiger partial charge in [-0.25, -0.2) is 0 Å². The molecule has 2 aromatic carbocycles. The van der Waals surface area contributed by atoms with Crippen LogP contribution in [0.4, 0.5) is 0 Å². The number of hydrogen-bond donors (Lipinski definition) is 0. The van der Waals surface area contributed by atoms with Gasteiger partial charge < -0.3 is 0 Å². The van der Waals surface area contributed by atoms with Gasteiger partial charge in [-0.1, -0.05) is 42.5 Å². The number of hydrogen-bond acceptors (Lipinski definition) is 0. The Balaban J connectivity index is 2.29. The maximum absolute atomic E-state index is 4.31. The van der Waals surface area contributed by atoms with Crippen LogP contribution in [0.1, 0.15) is 38.9 Å². The highest BCUT2D eigenvalue weighted by Gasteiger charge is 2.21. The molecule has 0 saturated heterocycles. The lowest BCUT2D eigenvalue weighted by molar-refractivity contribution is 1.11. The molecule has 0 bridgehead atoms. The highest BCUT2D eigenvalue weighted by Crippen LogP contribution is 2.38. The Labute approximate surface area is 109 Å². The molecule has 0 N–H and O–H groups in total. The molecule has 18 heavy (non-hydrogen) atoms. The zero-order valence-electron chi connectivity index (χ0n) is 11.0. The molecule has 3 rings (SSSR count). The Morgan fingerprint density at radius 1 is 1.00 bits per heavy atom. The fraction of sp³-hybridized carbons (Fsp3) is 0.167. The van der Waals surface area contributed by atoms with E-state index < -0.39 is 0 Å². The minimum absolute atomic E-state index is 0.996. The summed E-state index contributed by atoms with van der Waals surface area (Å²) in [6.45, 7) is 12.8. The summed E-state index contributed by atoms with van der Waals surface area (Å²) < 4.78 is 0. The molecular formula is C18H17. The number of rotatable bonds is 0. The summed E-state index contributed by atoms with van der Waals surface area (Å²) in [5.74, 6) is 0. The molecule has 0 spiro atoms. The van der Waals surface area contributed by atoms with E-state index in [1.54, 1.807) is 0 Å². The normalized spacial score (nSPS) is 13.2. The summed E-state index contributed by atoms with van der Waals surface area (Å²) in [7, 11) is 0. The van der Waals surface area contributed by atoms with Crippen LogP contribution in [-0.2, 0) is 6.42 Å². The first-order valence-corrected chi connectivity index (χ1v) is 6.31. The Bertz CT molecular complexity index is 660. The lowest BCUT2D eigenvalue weighted by atomic mass is 9.78. The van der Waals surface area contributed by atoms with Crippen LogP contribution in [0.25, 0.3) is 5.57 Å². The lowest BCUT2D eigenvalue weighted by Gasteiger charge is -2.25. The Morgan fingerprint density at radius 3 is 2.56 bits per heavy atom.